The summed E-state index contributed by atoms with van der Waals surface area (Å²) < 4.78 is 44.1. The van der Waals surface area contributed by atoms with Crippen LogP contribution in [0.1, 0.15) is 30.0 Å². The van der Waals surface area contributed by atoms with Gasteiger partial charge in [-0.1, -0.05) is 13.8 Å². The zero-order valence-corrected chi connectivity index (χ0v) is 17.2. The van der Waals surface area contributed by atoms with Crippen LogP contribution in [0, 0.1) is 5.92 Å². The molecular weight excluding hydrogens is 401 g/mol. The zero-order valence-electron chi connectivity index (χ0n) is 17.2. The number of halogens is 3. The number of hydrogen-bond donors (Lipinski definition) is 1. The van der Waals surface area contributed by atoms with Crippen molar-refractivity contribution in [1.82, 2.24) is 19.8 Å². The summed E-state index contributed by atoms with van der Waals surface area (Å²) in [6, 6.07) is 5.57. The number of methoxy groups -OCH3 is 1. The van der Waals surface area contributed by atoms with Crippen molar-refractivity contribution in [2.24, 2.45) is 5.92 Å². The molecular formula is C20H25F3N4O3. The number of alkyl halides is 3. The van der Waals surface area contributed by atoms with Crippen LogP contribution in [-0.2, 0) is 17.9 Å². The molecule has 1 unspecified atom stereocenters. The van der Waals surface area contributed by atoms with Gasteiger partial charge in [-0.2, -0.15) is 13.2 Å². The molecule has 2 amide bonds. The summed E-state index contributed by atoms with van der Waals surface area (Å²) in [5.74, 6) is -0.397. The lowest BCUT2D eigenvalue weighted by molar-refractivity contribution is -0.141. The minimum atomic E-state index is -4.40. The van der Waals surface area contributed by atoms with Gasteiger partial charge in [0.25, 0.3) is 5.91 Å². The molecule has 0 aliphatic rings. The van der Waals surface area contributed by atoms with Gasteiger partial charge in [-0.25, -0.2) is 4.98 Å². The van der Waals surface area contributed by atoms with Crippen molar-refractivity contribution >= 4 is 11.8 Å². The third-order valence-corrected chi connectivity index (χ3v) is 4.48. The smallest absolute Gasteiger partial charge is 0.406 e. The normalized spacial score (nSPS) is 12.5. The number of likely N-dealkylation sites (N-methyl/N-ethyl adjacent to an activating group) is 1. The van der Waals surface area contributed by atoms with Gasteiger partial charge in [0, 0.05) is 25.0 Å². The fourth-order valence-electron chi connectivity index (χ4n) is 2.84. The SMILES string of the molecule is COc1ccc(C(=O)NC(C(=O)N(C)Cc2nccn2CC(F)(F)F)C(C)C)cc1. The van der Waals surface area contributed by atoms with Crippen molar-refractivity contribution in [3.63, 3.8) is 0 Å². The van der Waals surface area contributed by atoms with Gasteiger partial charge < -0.3 is 19.5 Å². The average Bonchev–Trinajstić information content (AvgIpc) is 3.09. The largest absolute Gasteiger partial charge is 0.497 e. The maximum absolute atomic E-state index is 12.9. The number of amides is 2. The standard InChI is InChI=1S/C20H25F3N4O3/c1-13(2)17(25-18(28)14-5-7-15(30-4)8-6-14)19(29)26(3)11-16-24-9-10-27(16)12-20(21,22)23/h5-10,13,17H,11-12H2,1-4H3,(H,25,28). The maximum atomic E-state index is 12.9. The summed E-state index contributed by atoms with van der Waals surface area (Å²) in [5, 5.41) is 2.71. The van der Waals surface area contributed by atoms with E-state index in [9.17, 15) is 22.8 Å². The molecule has 1 heterocycles. The fourth-order valence-corrected chi connectivity index (χ4v) is 2.84. The predicted octanol–water partition coefficient (Wildman–Crippen LogP) is 2.87. The van der Waals surface area contributed by atoms with Gasteiger partial charge in [-0.05, 0) is 30.2 Å². The van der Waals surface area contributed by atoms with Crippen molar-refractivity contribution in [3.8, 4) is 5.75 Å². The van der Waals surface area contributed by atoms with Crippen LogP contribution >= 0.6 is 0 Å². The molecule has 10 heteroatoms. The molecule has 7 nitrogen and oxygen atoms in total. The van der Waals surface area contributed by atoms with Gasteiger partial charge in [-0.3, -0.25) is 9.59 Å². The zero-order chi connectivity index (χ0) is 22.5. The van der Waals surface area contributed by atoms with Crippen LogP contribution in [0.2, 0.25) is 0 Å². The Bertz CT molecular complexity index is 863. The molecule has 2 rings (SSSR count). The van der Waals surface area contributed by atoms with E-state index in [2.05, 4.69) is 10.3 Å². The quantitative estimate of drug-likeness (QED) is 0.704. The van der Waals surface area contributed by atoms with Crippen molar-refractivity contribution in [3.05, 3.63) is 48.0 Å². The highest BCUT2D eigenvalue weighted by Crippen LogP contribution is 2.19. The number of carbonyl (C=O) groups excluding carboxylic acids is 2. The lowest BCUT2D eigenvalue weighted by atomic mass is 10.0. The summed E-state index contributed by atoms with van der Waals surface area (Å²) in [6.45, 7) is 2.24. The average molecular weight is 426 g/mol. The van der Waals surface area contributed by atoms with Gasteiger partial charge >= 0.3 is 6.18 Å². The molecule has 30 heavy (non-hydrogen) atoms. The van der Waals surface area contributed by atoms with E-state index < -0.39 is 30.6 Å². The molecule has 0 spiro atoms. The summed E-state index contributed by atoms with van der Waals surface area (Å²) in [7, 11) is 2.97. The van der Waals surface area contributed by atoms with E-state index in [0.717, 1.165) is 4.57 Å². The Morgan fingerprint density at radius 1 is 1.23 bits per heavy atom. The molecule has 0 aliphatic carbocycles. The molecule has 0 fully saturated rings. The van der Waals surface area contributed by atoms with E-state index in [-0.39, 0.29) is 18.3 Å². The number of ether oxygens (including phenoxy) is 1. The minimum absolute atomic E-state index is 0.104. The Kier molecular flexibility index (Phi) is 7.47. The van der Waals surface area contributed by atoms with Crippen molar-refractivity contribution in [2.75, 3.05) is 14.2 Å². The lowest BCUT2D eigenvalue weighted by Gasteiger charge is -2.27. The van der Waals surface area contributed by atoms with Gasteiger partial charge in [0.1, 0.15) is 24.2 Å². The molecule has 164 valence electrons. The Hall–Kier alpha value is -3.04. The number of nitrogens with zero attached hydrogens (tertiary/aromatic N) is 3. The fraction of sp³-hybridized carbons (Fsp3) is 0.450. The van der Waals surface area contributed by atoms with E-state index in [1.807, 2.05) is 0 Å². The highest BCUT2D eigenvalue weighted by Gasteiger charge is 2.31. The Morgan fingerprint density at radius 2 is 1.87 bits per heavy atom. The molecule has 0 saturated carbocycles. The highest BCUT2D eigenvalue weighted by atomic mass is 19.4. The summed E-state index contributed by atoms with van der Waals surface area (Å²) in [6.07, 6.45) is -1.93. The maximum Gasteiger partial charge on any atom is 0.406 e. The molecule has 0 bridgehead atoms. The van der Waals surface area contributed by atoms with Crippen LogP contribution < -0.4 is 10.1 Å². The third-order valence-electron chi connectivity index (χ3n) is 4.48. The van der Waals surface area contributed by atoms with Crippen LogP contribution in [0.25, 0.3) is 0 Å². The van der Waals surface area contributed by atoms with Gasteiger partial charge in [0.05, 0.1) is 13.7 Å². The molecule has 0 saturated heterocycles. The molecule has 1 aromatic carbocycles. The molecule has 0 radical (unpaired) electrons. The topological polar surface area (TPSA) is 76.5 Å². The molecule has 1 aromatic heterocycles. The predicted molar refractivity (Wildman–Crippen MR) is 104 cm³/mol. The van der Waals surface area contributed by atoms with E-state index in [1.165, 1.54) is 31.5 Å². The van der Waals surface area contributed by atoms with E-state index in [1.54, 1.807) is 38.1 Å². The lowest BCUT2D eigenvalue weighted by Crippen LogP contribution is -2.50. The van der Waals surface area contributed by atoms with E-state index >= 15 is 0 Å². The first-order valence-electron chi connectivity index (χ1n) is 9.28. The molecule has 1 N–H and O–H groups in total. The van der Waals surface area contributed by atoms with Gasteiger partial charge in [0.15, 0.2) is 0 Å². The van der Waals surface area contributed by atoms with Crippen LogP contribution in [0.4, 0.5) is 13.2 Å². The second kappa shape index (κ2) is 9.64. The van der Waals surface area contributed by atoms with E-state index in [4.69, 9.17) is 4.74 Å². The Labute approximate surface area is 172 Å². The number of imidazole rings is 1. The Balaban J connectivity index is 2.09. The third kappa shape index (κ3) is 6.23. The van der Waals surface area contributed by atoms with Gasteiger partial charge in [0.2, 0.25) is 5.91 Å². The van der Waals surface area contributed by atoms with Crippen molar-refractivity contribution in [1.29, 1.82) is 0 Å². The number of carbonyl (C=O) groups is 2. The molecule has 1 atom stereocenters. The van der Waals surface area contributed by atoms with E-state index in [0.29, 0.717) is 11.3 Å². The first-order chi connectivity index (χ1) is 14.0. The number of hydrogen-bond acceptors (Lipinski definition) is 4. The number of benzene rings is 1. The summed E-state index contributed by atoms with van der Waals surface area (Å²) >= 11 is 0. The second-order valence-corrected chi connectivity index (χ2v) is 7.20. The Morgan fingerprint density at radius 3 is 2.40 bits per heavy atom. The van der Waals surface area contributed by atoms with Crippen molar-refractivity contribution in [2.45, 2.75) is 39.2 Å². The van der Waals surface area contributed by atoms with Crippen LogP contribution in [0.3, 0.4) is 0 Å². The summed E-state index contributed by atoms with van der Waals surface area (Å²) in [5.41, 5.74) is 0.359. The minimum Gasteiger partial charge on any atom is -0.497 e. The van der Waals surface area contributed by atoms with Crippen LogP contribution in [-0.4, -0.2) is 52.6 Å². The van der Waals surface area contributed by atoms with Crippen LogP contribution in [0.15, 0.2) is 36.7 Å². The molecule has 2 aromatic rings. The number of nitrogens with one attached hydrogen (secondary N) is 1. The monoisotopic (exact) mass is 426 g/mol. The van der Waals surface area contributed by atoms with Crippen molar-refractivity contribution < 1.29 is 27.5 Å². The highest BCUT2D eigenvalue weighted by molar-refractivity contribution is 5.97. The second-order valence-electron chi connectivity index (χ2n) is 7.20. The van der Waals surface area contributed by atoms with Crippen LogP contribution in [0.5, 0.6) is 5.75 Å². The number of aromatic nitrogens is 2. The first-order valence-corrected chi connectivity index (χ1v) is 9.28. The summed E-state index contributed by atoms with van der Waals surface area (Å²) in [4.78, 5) is 30.6. The van der Waals surface area contributed by atoms with Gasteiger partial charge in [-0.15, -0.1) is 0 Å². The molecule has 0 aliphatic heterocycles. The first kappa shape index (κ1) is 23.2. The number of rotatable bonds is 8.